The van der Waals surface area contributed by atoms with Crippen LogP contribution < -0.4 is 11.2 Å². The van der Waals surface area contributed by atoms with Crippen molar-refractivity contribution in [2.45, 2.75) is 31.4 Å². The lowest BCUT2D eigenvalue weighted by Gasteiger charge is -2.17. The average Bonchev–Trinajstić information content (AvgIpc) is 2.93. The van der Waals surface area contributed by atoms with Crippen LogP contribution in [0.25, 0.3) is 0 Å². The number of aliphatic hydroxyl groups is 2. The monoisotopic (exact) mass is 252 g/mol. The number of nitrogens with one attached hydrogen (secondary N) is 1. The van der Waals surface area contributed by atoms with Crippen molar-refractivity contribution in [3.05, 3.63) is 32.6 Å². The Morgan fingerprint density at radius 1 is 1.50 bits per heavy atom. The van der Waals surface area contributed by atoms with Gasteiger partial charge in [-0.3, -0.25) is 14.3 Å². The third kappa shape index (κ3) is 1.36. The van der Waals surface area contributed by atoms with Crippen LogP contribution in [0.5, 0.6) is 0 Å². The van der Waals surface area contributed by atoms with Gasteiger partial charge in [0.25, 0.3) is 5.56 Å². The molecular formula is C12H16N2O4. The third-order valence-electron chi connectivity index (χ3n) is 4.49. The third-order valence-corrected chi connectivity index (χ3v) is 4.49. The summed E-state index contributed by atoms with van der Waals surface area (Å²) >= 11 is 0. The number of nitrogens with zero attached hydrogens (tertiary/aromatic N) is 1. The van der Waals surface area contributed by atoms with E-state index in [9.17, 15) is 19.8 Å². The quantitative estimate of drug-likeness (QED) is 0.625. The molecule has 2 fully saturated rings. The Bertz CT molecular complexity index is 605. The Hall–Kier alpha value is -1.40. The highest BCUT2D eigenvalue weighted by Gasteiger charge is 2.66. The fraction of sp³-hybridized carbons (Fsp3) is 0.667. The molecule has 0 amide bonds. The summed E-state index contributed by atoms with van der Waals surface area (Å²) in [7, 11) is 0. The van der Waals surface area contributed by atoms with Gasteiger partial charge in [-0.1, -0.05) is 0 Å². The second kappa shape index (κ2) is 3.55. The molecule has 3 N–H and O–H groups in total. The van der Waals surface area contributed by atoms with Crippen LogP contribution in [-0.2, 0) is 5.54 Å². The smallest absolute Gasteiger partial charge is 0.328 e. The zero-order valence-corrected chi connectivity index (χ0v) is 10.1. The molecule has 1 aromatic heterocycles. The lowest BCUT2D eigenvalue weighted by molar-refractivity contribution is 0.0714. The van der Waals surface area contributed by atoms with Crippen LogP contribution in [-0.4, -0.2) is 32.5 Å². The van der Waals surface area contributed by atoms with Crippen molar-refractivity contribution >= 4 is 0 Å². The highest BCUT2D eigenvalue weighted by atomic mass is 16.3. The van der Waals surface area contributed by atoms with E-state index < -0.39 is 17.3 Å². The van der Waals surface area contributed by atoms with Gasteiger partial charge in [-0.15, -0.1) is 0 Å². The zero-order chi connectivity index (χ0) is 13.1. The van der Waals surface area contributed by atoms with Gasteiger partial charge in [0.2, 0.25) is 0 Å². The molecule has 2 saturated carbocycles. The molecule has 6 heteroatoms. The van der Waals surface area contributed by atoms with E-state index in [1.807, 2.05) is 0 Å². The van der Waals surface area contributed by atoms with E-state index in [2.05, 4.69) is 4.98 Å². The molecule has 1 heterocycles. The average molecular weight is 252 g/mol. The van der Waals surface area contributed by atoms with Crippen LogP contribution in [0.4, 0.5) is 0 Å². The SMILES string of the molecule is Cc1cn([C@@]23C[C@@H]2[C@H](CO)[C@@H](O)C3)c(=O)[nH]c1=O. The lowest BCUT2D eigenvalue weighted by atomic mass is 10.0. The molecule has 2 aliphatic carbocycles. The highest BCUT2D eigenvalue weighted by molar-refractivity contribution is 5.19. The van der Waals surface area contributed by atoms with E-state index in [4.69, 9.17) is 0 Å². The molecule has 0 aromatic carbocycles. The first-order chi connectivity index (χ1) is 8.49. The predicted molar refractivity (Wildman–Crippen MR) is 63.3 cm³/mol. The number of hydrogen-bond acceptors (Lipinski definition) is 4. The van der Waals surface area contributed by atoms with Gasteiger partial charge in [0.05, 0.1) is 11.6 Å². The molecule has 18 heavy (non-hydrogen) atoms. The molecule has 0 aliphatic heterocycles. The fourth-order valence-corrected chi connectivity index (χ4v) is 3.41. The predicted octanol–water partition coefficient (Wildman–Crippen LogP) is -1.07. The van der Waals surface area contributed by atoms with Crippen molar-refractivity contribution in [1.82, 2.24) is 9.55 Å². The fourth-order valence-electron chi connectivity index (χ4n) is 3.41. The largest absolute Gasteiger partial charge is 0.396 e. The molecule has 1 aromatic rings. The zero-order valence-electron chi connectivity index (χ0n) is 10.1. The molecule has 0 saturated heterocycles. The van der Waals surface area contributed by atoms with Gasteiger partial charge in [-0.25, -0.2) is 4.79 Å². The van der Waals surface area contributed by atoms with Gasteiger partial charge in [0.15, 0.2) is 0 Å². The number of hydrogen-bond donors (Lipinski definition) is 3. The molecule has 3 rings (SSSR count). The Morgan fingerprint density at radius 3 is 2.83 bits per heavy atom. The second-order valence-electron chi connectivity index (χ2n) is 5.47. The van der Waals surface area contributed by atoms with Crippen molar-refractivity contribution in [3.63, 3.8) is 0 Å². The van der Waals surface area contributed by atoms with Crippen molar-refractivity contribution in [3.8, 4) is 0 Å². The Balaban J connectivity index is 2.06. The number of rotatable bonds is 2. The van der Waals surface area contributed by atoms with Crippen LogP contribution in [0.2, 0.25) is 0 Å². The van der Waals surface area contributed by atoms with Crippen LogP contribution in [0.1, 0.15) is 18.4 Å². The highest BCUT2D eigenvalue weighted by Crippen LogP contribution is 2.63. The number of aliphatic hydroxyl groups excluding tert-OH is 2. The topological polar surface area (TPSA) is 95.3 Å². The minimum Gasteiger partial charge on any atom is -0.396 e. The minimum atomic E-state index is -0.576. The first kappa shape index (κ1) is 11.7. The summed E-state index contributed by atoms with van der Waals surface area (Å²) in [5.41, 5.74) is -0.726. The molecule has 4 atom stereocenters. The molecule has 0 unspecified atom stereocenters. The Morgan fingerprint density at radius 2 is 2.22 bits per heavy atom. The number of H-pyrrole nitrogens is 1. The molecule has 0 bridgehead atoms. The Kier molecular flexibility index (Phi) is 2.30. The molecule has 98 valence electrons. The maximum absolute atomic E-state index is 11.9. The van der Waals surface area contributed by atoms with Gasteiger partial charge in [0.1, 0.15) is 0 Å². The molecule has 6 nitrogen and oxygen atoms in total. The second-order valence-corrected chi connectivity index (χ2v) is 5.47. The van der Waals surface area contributed by atoms with Crippen molar-refractivity contribution < 1.29 is 10.2 Å². The summed E-state index contributed by atoms with van der Waals surface area (Å²) < 4.78 is 1.54. The summed E-state index contributed by atoms with van der Waals surface area (Å²) in [5.74, 6) is -0.0374. The van der Waals surface area contributed by atoms with E-state index in [1.54, 1.807) is 13.1 Å². The van der Waals surface area contributed by atoms with E-state index >= 15 is 0 Å². The first-order valence-electron chi connectivity index (χ1n) is 6.11. The summed E-state index contributed by atoms with van der Waals surface area (Å²) in [5, 5.41) is 19.1. The number of aromatic amines is 1. The summed E-state index contributed by atoms with van der Waals surface area (Å²) in [6, 6.07) is 0. The van der Waals surface area contributed by atoms with Gasteiger partial charge in [0, 0.05) is 24.3 Å². The maximum atomic E-state index is 11.9. The van der Waals surface area contributed by atoms with Crippen molar-refractivity contribution in [2.24, 2.45) is 11.8 Å². The molecule has 2 aliphatic rings. The van der Waals surface area contributed by atoms with E-state index in [1.165, 1.54) is 4.57 Å². The normalized spacial score (nSPS) is 37.6. The van der Waals surface area contributed by atoms with Crippen LogP contribution in [0.15, 0.2) is 15.8 Å². The summed E-state index contributed by atoms with van der Waals surface area (Å²) in [4.78, 5) is 25.5. The van der Waals surface area contributed by atoms with Gasteiger partial charge in [-0.05, 0) is 25.7 Å². The molecular weight excluding hydrogens is 236 g/mol. The van der Waals surface area contributed by atoms with Crippen molar-refractivity contribution in [2.75, 3.05) is 6.61 Å². The molecule has 0 spiro atoms. The minimum absolute atomic E-state index is 0.0648. The standard InChI is InChI=1S/C12H16N2O4/c1-6-4-14(11(18)13-10(6)17)12-2-8(12)7(5-15)9(16)3-12/h4,7-9,15-16H,2-3,5H2,1H3,(H,13,17,18)/t7-,8+,9-,12+/m0/s1. The summed E-state index contributed by atoms with van der Waals surface area (Å²) in [6.45, 7) is 1.59. The van der Waals surface area contributed by atoms with Crippen molar-refractivity contribution in [1.29, 1.82) is 0 Å². The lowest BCUT2D eigenvalue weighted by Crippen LogP contribution is -2.37. The maximum Gasteiger partial charge on any atom is 0.328 e. The Labute approximate surface area is 103 Å². The van der Waals surface area contributed by atoms with Gasteiger partial charge >= 0.3 is 5.69 Å². The van der Waals surface area contributed by atoms with Crippen LogP contribution >= 0.6 is 0 Å². The summed E-state index contributed by atoms with van der Waals surface area (Å²) in [6.07, 6.45) is 2.23. The van der Waals surface area contributed by atoms with E-state index in [-0.39, 0.29) is 24.0 Å². The van der Waals surface area contributed by atoms with E-state index in [0.717, 1.165) is 6.42 Å². The molecule has 0 radical (unpaired) electrons. The van der Waals surface area contributed by atoms with Gasteiger partial charge in [-0.2, -0.15) is 0 Å². The van der Waals surface area contributed by atoms with Crippen LogP contribution in [0, 0.1) is 18.8 Å². The number of aromatic nitrogens is 2. The first-order valence-corrected chi connectivity index (χ1v) is 6.11. The number of fused-ring (bicyclic) bond motifs is 1. The van der Waals surface area contributed by atoms with Gasteiger partial charge < -0.3 is 10.2 Å². The van der Waals surface area contributed by atoms with Crippen LogP contribution in [0.3, 0.4) is 0 Å². The van der Waals surface area contributed by atoms with E-state index in [0.29, 0.717) is 12.0 Å². The number of aryl methyl sites for hydroxylation is 1.